The van der Waals surface area contributed by atoms with Crippen molar-refractivity contribution in [1.29, 1.82) is 0 Å². The Morgan fingerprint density at radius 1 is 1.35 bits per heavy atom. The van der Waals surface area contributed by atoms with Crippen molar-refractivity contribution in [3.05, 3.63) is 24.3 Å². The highest BCUT2D eigenvalue weighted by Gasteiger charge is 2.18. The molecule has 1 atom stereocenters. The second-order valence-electron chi connectivity index (χ2n) is 6.52. The quantitative estimate of drug-likeness (QED) is 0.285. The normalized spacial score (nSPS) is 18.2. The summed E-state index contributed by atoms with van der Waals surface area (Å²) >= 11 is 0. The molecular formula is C18H30IN3O3S. The first-order valence-corrected chi connectivity index (χ1v) is 10.8. The fourth-order valence-electron chi connectivity index (χ4n) is 2.91. The predicted octanol–water partition coefficient (Wildman–Crippen LogP) is 2.78. The van der Waals surface area contributed by atoms with Crippen molar-refractivity contribution in [3.63, 3.8) is 0 Å². The predicted molar refractivity (Wildman–Crippen MR) is 116 cm³/mol. The Labute approximate surface area is 174 Å². The molecule has 26 heavy (non-hydrogen) atoms. The maximum absolute atomic E-state index is 11.4. The van der Waals surface area contributed by atoms with Crippen LogP contribution < -0.4 is 10.1 Å². The smallest absolute Gasteiger partial charge is 0.194 e. The highest BCUT2D eigenvalue weighted by molar-refractivity contribution is 14.0. The van der Waals surface area contributed by atoms with Gasteiger partial charge in [-0.1, -0.05) is 6.92 Å². The largest absolute Gasteiger partial charge is 0.492 e. The van der Waals surface area contributed by atoms with Gasteiger partial charge in [-0.05, 0) is 49.9 Å². The van der Waals surface area contributed by atoms with Crippen LogP contribution >= 0.6 is 24.0 Å². The number of piperidine rings is 1. The molecule has 6 nitrogen and oxygen atoms in total. The van der Waals surface area contributed by atoms with Crippen LogP contribution in [0.5, 0.6) is 5.75 Å². The Hall–Kier alpha value is -1.03. The van der Waals surface area contributed by atoms with Gasteiger partial charge >= 0.3 is 0 Å². The lowest BCUT2D eigenvalue weighted by Gasteiger charge is -2.33. The third kappa shape index (κ3) is 7.30. The number of guanidine groups is 1. The van der Waals surface area contributed by atoms with Gasteiger partial charge in [0, 0.05) is 25.9 Å². The van der Waals surface area contributed by atoms with Crippen molar-refractivity contribution in [2.24, 2.45) is 10.9 Å². The third-order valence-electron chi connectivity index (χ3n) is 4.16. The molecule has 0 radical (unpaired) electrons. The number of sulfone groups is 1. The van der Waals surface area contributed by atoms with Crippen LogP contribution in [-0.2, 0) is 9.84 Å². The summed E-state index contributed by atoms with van der Waals surface area (Å²) in [5.41, 5.74) is 0. The third-order valence-corrected chi connectivity index (χ3v) is 5.29. The molecule has 0 amide bonds. The lowest BCUT2D eigenvalue weighted by Crippen LogP contribution is -2.46. The van der Waals surface area contributed by atoms with Crippen LogP contribution in [0, 0.1) is 5.92 Å². The van der Waals surface area contributed by atoms with E-state index in [9.17, 15) is 8.42 Å². The van der Waals surface area contributed by atoms with E-state index in [1.165, 1.54) is 19.1 Å². The van der Waals surface area contributed by atoms with Gasteiger partial charge in [0.25, 0.3) is 0 Å². The van der Waals surface area contributed by atoms with Crippen LogP contribution in [0.15, 0.2) is 34.2 Å². The molecule has 1 N–H and O–H groups in total. The van der Waals surface area contributed by atoms with Gasteiger partial charge in [0.15, 0.2) is 15.8 Å². The molecule has 8 heteroatoms. The lowest BCUT2D eigenvalue weighted by atomic mass is 10.0. The summed E-state index contributed by atoms with van der Waals surface area (Å²) in [5.74, 6) is 2.30. The first kappa shape index (κ1) is 23.0. The molecule has 1 unspecified atom stereocenters. The zero-order chi connectivity index (χ0) is 18.3. The molecule has 0 spiro atoms. The van der Waals surface area contributed by atoms with E-state index in [2.05, 4.69) is 29.1 Å². The number of nitrogens with one attached hydrogen (secondary N) is 1. The Balaban J connectivity index is 0.00000338. The van der Waals surface area contributed by atoms with E-state index in [-0.39, 0.29) is 24.0 Å². The number of likely N-dealkylation sites (tertiary alicyclic amines) is 1. The van der Waals surface area contributed by atoms with E-state index in [0.29, 0.717) is 29.7 Å². The SMILES string of the molecule is CCNC(=NCCOc1ccc(S(C)(=O)=O)cc1)N1CCCC(C)C1.I. The summed E-state index contributed by atoms with van der Waals surface area (Å²) in [7, 11) is -3.17. The van der Waals surface area contributed by atoms with E-state index in [4.69, 9.17) is 4.74 Å². The van der Waals surface area contributed by atoms with Crippen LogP contribution in [0.3, 0.4) is 0 Å². The van der Waals surface area contributed by atoms with Gasteiger partial charge in [0.2, 0.25) is 0 Å². The standard InChI is InChI=1S/C18H29N3O3S.HI/c1-4-19-18(21-12-5-6-15(2)14-21)20-11-13-24-16-7-9-17(10-8-16)25(3,22)23;/h7-10,15H,4-6,11-14H2,1-3H3,(H,19,20);1H. The molecule has 0 bridgehead atoms. The Morgan fingerprint density at radius 2 is 2.04 bits per heavy atom. The molecule has 1 aliphatic rings. The van der Waals surface area contributed by atoms with Crippen molar-refractivity contribution < 1.29 is 13.2 Å². The van der Waals surface area contributed by atoms with Crippen LogP contribution in [-0.4, -0.2) is 58.3 Å². The molecule has 1 heterocycles. The summed E-state index contributed by atoms with van der Waals surface area (Å²) in [5, 5.41) is 3.35. The molecule has 1 aliphatic heterocycles. The molecule has 0 saturated carbocycles. The van der Waals surface area contributed by atoms with Crippen molar-refractivity contribution >= 4 is 39.8 Å². The number of hydrogen-bond donors (Lipinski definition) is 1. The maximum Gasteiger partial charge on any atom is 0.194 e. The molecule has 1 aromatic rings. The van der Waals surface area contributed by atoms with E-state index >= 15 is 0 Å². The molecule has 148 valence electrons. The van der Waals surface area contributed by atoms with Crippen LogP contribution in [0.1, 0.15) is 26.7 Å². The Kier molecular flexibility index (Phi) is 9.70. The van der Waals surface area contributed by atoms with Crippen molar-refractivity contribution in [1.82, 2.24) is 10.2 Å². The number of aliphatic imine (C=N–C) groups is 1. The van der Waals surface area contributed by atoms with E-state index in [0.717, 1.165) is 25.6 Å². The van der Waals surface area contributed by atoms with Crippen molar-refractivity contribution in [3.8, 4) is 5.75 Å². The van der Waals surface area contributed by atoms with Crippen LogP contribution in [0.2, 0.25) is 0 Å². The number of benzene rings is 1. The fraction of sp³-hybridized carbons (Fsp3) is 0.611. The van der Waals surface area contributed by atoms with E-state index in [1.54, 1.807) is 24.3 Å². The van der Waals surface area contributed by atoms with Gasteiger partial charge in [-0.15, -0.1) is 24.0 Å². The van der Waals surface area contributed by atoms with Crippen molar-refractivity contribution in [2.75, 3.05) is 39.0 Å². The van der Waals surface area contributed by atoms with E-state index in [1.807, 2.05) is 0 Å². The minimum Gasteiger partial charge on any atom is -0.492 e. The highest BCUT2D eigenvalue weighted by Crippen LogP contribution is 2.16. The monoisotopic (exact) mass is 495 g/mol. The molecular weight excluding hydrogens is 465 g/mol. The van der Waals surface area contributed by atoms with Gasteiger partial charge in [-0.3, -0.25) is 0 Å². The minimum atomic E-state index is -3.17. The summed E-state index contributed by atoms with van der Waals surface area (Å²) in [6, 6.07) is 6.48. The number of rotatable bonds is 6. The maximum atomic E-state index is 11.4. The Bertz CT molecular complexity index is 677. The van der Waals surface area contributed by atoms with E-state index < -0.39 is 9.84 Å². The number of halogens is 1. The van der Waals surface area contributed by atoms with Crippen LogP contribution in [0.25, 0.3) is 0 Å². The molecule has 0 aromatic heterocycles. The van der Waals surface area contributed by atoms with Gasteiger partial charge in [-0.25, -0.2) is 13.4 Å². The first-order chi connectivity index (χ1) is 11.9. The molecule has 1 saturated heterocycles. The van der Waals surface area contributed by atoms with Gasteiger partial charge in [-0.2, -0.15) is 0 Å². The number of nitrogens with zero attached hydrogens (tertiary/aromatic N) is 2. The second-order valence-corrected chi connectivity index (χ2v) is 8.54. The molecule has 0 aliphatic carbocycles. The molecule has 1 fully saturated rings. The summed E-state index contributed by atoms with van der Waals surface area (Å²) in [6.07, 6.45) is 3.68. The average molecular weight is 495 g/mol. The first-order valence-electron chi connectivity index (χ1n) is 8.86. The summed E-state index contributed by atoms with van der Waals surface area (Å²) < 4.78 is 28.6. The zero-order valence-corrected chi connectivity index (χ0v) is 18.9. The number of ether oxygens (including phenoxy) is 1. The number of hydrogen-bond acceptors (Lipinski definition) is 4. The summed E-state index contributed by atoms with van der Waals surface area (Å²) in [4.78, 5) is 7.27. The Morgan fingerprint density at radius 3 is 2.62 bits per heavy atom. The highest BCUT2D eigenvalue weighted by atomic mass is 127. The minimum absolute atomic E-state index is 0. The molecule has 2 rings (SSSR count). The molecule has 1 aromatic carbocycles. The van der Waals surface area contributed by atoms with Crippen molar-refractivity contribution in [2.45, 2.75) is 31.6 Å². The topological polar surface area (TPSA) is 71.0 Å². The van der Waals surface area contributed by atoms with Gasteiger partial charge in [0.1, 0.15) is 12.4 Å². The lowest BCUT2D eigenvalue weighted by molar-refractivity contribution is 0.264. The van der Waals surface area contributed by atoms with Crippen LogP contribution in [0.4, 0.5) is 0 Å². The average Bonchev–Trinajstić information content (AvgIpc) is 2.57. The fourth-order valence-corrected chi connectivity index (χ4v) is 3.54. The summed E-state index contributed by atoms with van der Waals surface area (Å²) in [6.45, 7) is 8.29. The second kappa shape index (κ2) is 11.0. The zero-order valence-electron chi connectivity index (χ0n) is 15.8. The van der Waals surface area contributed by atoms with Gasteiger partial charge in [0.05, 0.1) is 11.4 Å². The van der Waals surface area contributed by atoms with Gasteiger partial charge < -0.3 is 15.0 Å².